The number of methoxy groups -OCH3 is 2. The van der Waals surface area contributed by atoms with Crippen LogP contribution in [-0.2, 0) is 11.2 Å². The number of carbonyl (C=O) groups excluding carboxylic acids is 1. The number of hydrogen-bond acceptors (Lipinski definition) is 7. The van der Waals surface area contributed by atoms with Crippen molar-refractivity contribution < 1.29 is 18.7 Å². The van der Waals surface area contributed by atoms with Crippen LogP contribution in [0.25, 0.3) is 11.0 Å². The predicted molar refractivity (Wildman–Crippen MR) is 122 cm³/mol. The van der Waals surface area contributed by atoms with Crippen LogP contribution >= 0.6 is 0 Å². The van der Waals surface area contributed by atoms with E-state index in [4.69, 9.17) is 19.3 Å². The van der Waals surface area contributed by atoms with Crippen LogP contribution in [0.5, 0.6) is 11.5 Å². The highest BCUT2D eigenvalue weighted by molar-refractivity contribution is 5.81. The van der Waals surface area contributed by atoms with Gasteiger partial charge in [0.2, 0.25) is 5.91 Å². The second-order valence-electron chi connectivity index (χ2n) is 7.71. The third-order valence-electron chi connectivity index (χ3n) is 5.09. The quantitative estimate of drug-likeness (QED) is 0.394. The molecule has 0 saturated carbocycles. The van der Waals surface area contributed by atoms with Gasteiger partial charge >= 0.3 is 0 Å². The maximum atomic E-state index is 11.9. The molecule has 0 bridgehead atoms. The molecular formula is C23H31N5O4. The average molecular weight is 442 g/mol. The van der Waals surface area contributed by atoms with Crippen LogP contribution in [0.15, 0.2) is 34.9 Å². The Balaban J connectivity index is 1.62. The molecule has 0 aliphatic carbocycles. The fourth-order valence-electron chi connectivity index (χ4n) is 3.53. The first-order valence-electron chi connectivity index (χ1n) is 10.7. The van der Waals surface area contributed by atoms with Crippen LogP contribution in [0.1, 0.15) is 38.5 Å². The van der Waals surface area contributed by atoms with Crippen molar-refractivity contribution in [1.82, 2.24) is 14.9 Å². The maximum absolute atomic E-state index is 11.9. The van der Waals surface area contributed by atoms with Gasteiger partial charge in [-0.2, -0.15) is 0 Å². The Hall–Kier alpha value is -3.49. The lowest BCUT2D eigenvalue weighted by atomic mass is 10.2. The molecule has 0 radical (unpaired) electrons. The molecule has 1 aromatic carbocycles. The lowest BCUT2D eigenvalue weighted by molar-refractivity contribution is -0.120. The molecule has 0 aliphatic rings. The van der Waals surface area contributed by atoms with E-state index in [2.05, 4.69) is 15.6 Å². The van der Waals surface area contributed by atoms with E-state index in [0.717, 1.165) is 23.9 Å². The van der Waals surface area contributed by atoms with Gasteiger partial charge in [-0.25, -0.2) is 4.98 Å². The van der Waals surface area contributed by atoms with Crippen LogP contribution in [0.3, 0.4) is 0 Å². The Kier molecular flexibility index (Phi) is 7.75. The van der Waals surface area contributed by atoms with Crippen molar-refractivity contribution in [3.8, 4) is 11.5 Å². The summed E-state index contributed by atoms with van der Waals surface area (Å²) in [6.07, 6.45) is 3.45. The van der Waals surface area contributed by atoms with E-state index in [0.29, 0.717) is 41.7 Å². The number of nitrogens with zero attached hydrogens (tertiary/aromatic N) is 2. The summed E-state index contributed by atoms with van der Waals surface area (Å²) in [5.74, 6) is 2.31. The first kappa shape index (κ1) is 23.2. The number of furan rings is 1. The third-order valence-corrected chi connectivity index (χ3v) is 5.09. The minimum atomic E-state index is -0.0556. The van der Waals surface area contributed by atoms with E-state index in [-0.39, 0.29) is 18.4 Å². The molecule has 1 amide bonds. The molecule has 0 fully saturated rings. The molecule has 0 aliphatic heterocycles. The number of nitrogens with one attached hydrogen (secondary N) is 3. The van der Waals surface area contributed by atoms with Gasteiger partial charge in [0.15, 0.2) is 22.8 Å². The van der Waals surface area contributed by atoms with E-state index in [1.807, 2.05) is 30.5 Å². The van der Waals surface area contributed by atoms with E-state index >= 15 is 0 Å². The summed E-state index contributed by atoms with van der Waals surface area (Å²) in [6, 6.07) is 7.30. The Labute approximate surface area is 187 Å². The van der Waals surface area contributed by atoms with Gasteiger partial charge in [-0.05, 0) is 38.8 Å². The Morgan fingerprint density at radius 2 is 1.91 bits per heavy atom. The SMILES string of the molecule is COc1cc2nc(NCCCCNC(=O)Cc3ccco3)c(=N)n(C(C)C)c2cc1OC. The van der Waals surface area contributed by atoms with Gasteiger partial charge < -0.3 is 29.1 Å². The molecule has 9 heteroatoms. The highest BCUT2D eigenvalue weighted by Crippen LogP contribution is 2.32. The number of carbonyl (C=O) groups is 1. The molecule has 3 rings (SSSR count). The number of fused-ring (bicyclic) bond motifs is 1. The number of benzene rings is 1. The lowest BCUT2D eigenvalue weighted by Gasteiger charge is -2.19. The molecular weight excluding hydrogens is 410 g/mol. The van der Waals surface area contributed by atoms with Gasteiger partial charge in [0.05, 0.1) is 37.9 Å². The van der Waals surface area contributed by atoms with E-state index in [1.165, 1.54) is 0 Å². The molecule has 3 aromatic rings. The summed E-state index contributed by atoms with van der Waals surface area (Å²) in [6.45, 7) is 5.29. The highest BCUT2D eigenvalue weighted by atomic mass is 16.5. The van der Waals surface area contributed by atoms with Crippen molar-refractivity contribution in [3.63, 3.8) is 0 Å². The maximum Gasteiger partial charge on any atom is 0.227 e. The molecule has 0 atom stereocenters. The molecule has 2 heterocycles. The van der Waals surface area contributed by atoms with Crippen LogP contribution in [0, 0.1) is 5.41 Å². The molecule has 32 heavy (non-hydrogen) atoms. The van der Waals surface area contributed by atoms with Crippen molar-refractivity contribution in [2.24, 2.45) is 0 Å². The van der Waals surface area contributed by atoms with Gasteiger partial charge in [-0.3, -0.25) is 10.2 Å². The smallest absolute Gasteiger partial charge is 0.227 e. The topological polar surface area (TPSA) is 114 Å². The number of unbranched alkanes of at least 4 members (excludes halogenated alkanes) is 1. The zero-order valence-electron chi connectivity index (χ0n) is 19.0. The second-order valence-corrected chi connectivity index (χ2v) is 7.71. The molecule has 9 nitrogen and oxygen atoms in total. The Morgan fingerprint density at radius 1 is 1.19 bits per heavy atom. The normalized spacial score (nSPS) is 11.0. The minimum absolute atomic E-state index is 0.0556. The Bertz CT molecular complexity index is 1110. The zero-order valence-corrected chi connectivity index (χ0v) is 19.0. The standard InChI is InChI=1S/C23H31N5O4/c1-15(2)28-18-14-20(31-4)19(30-3)13-17(18)27-23(22(28)24)26-10-6-5-9-25-21(29)12-16-8-7-11-32-16/h7-8,11,13-15,24H,5-6,9-10,12H2,1-4H3,(H,25,29)(H,26,27). The fourth-order valence-corrected chi connectivity index (χ4v) is 3.53. The summed E-state index contributed by atoms with van der Waals surface area (Å²) < 4.78 is 17.9. The summed E-state index contributed by atoms with van der Waals surface area (Å²) in [7, 11) is 3.18. The van der Waals surface area contributed by atoms with Crippen molar-refractivity contribution in [1.29, 1.82) is 5.41 Å². The van der Waals surface area contributed by atoms with Gasteiger partial charge in [-0.15, -0.1) is 0 Å². The van der Waals surface area contributed by atoms with Crippen molar-refractivity contribution in [2.75, 3.05) is 32.6 Å². The summed E-state index contributed by atoms with van der Waals surface area (Å²) in [5.41, 5.74) is 1.85. The first-order valence-corrected chi connectivity index (χ1v) is 10.7. The van der Waals surface area contributed by atoms with Crippen LogP contribution in [0.2, 0.25) is 0 Å². The zero-order chi connectivity index (χ0) is 23.1. The van der Waals surface area contributed by atoms with Gasteiger partial charge in [0, 0.05) is 31.3 Å². The monoisotopic (exact) mass is 441 g/mol. The van der Waals surface area contributed by atoms with E-state index in [9.17, 15) is 4.79 Å². The summed E-state index contributed by atoms with van der Waals surface area (Å²) in [4.78, 5) is 16.5. The summed E-state index contributed by atoms with van der Waals surface area (Å²) in [5, 5.41) is 14.8. The van der Waals surface area contributed by atoms with Crippen molar-refractivity contribution in [3.05, 3.63) is 41.8 Å². The van der Waals surface area contributed by atoms with E-state index < -0.39 is 0 Å². The summed E-state index contributed by atoms with van der Waals surface area (Å²) >= 11 is 0. The fraction of sp³-hybridized carbons (Fsp3) is 0.435. The minimum Gasteiger partial charge on any atom is -0.493 e. The predicted octanol–water partition coefficient (Wildman–Crippen LogP) is 3.26. The number of anilines is 1. The molecule has 172 valence electrons. The number of amides is 1. The van der Waals surface area contributed by atoms with Crippen LogP contribution in [-0.4, -0.2) is 42.8 Å². The van der Waals surface area contributed by atoms with Gasteiger partial charge in [0.1, 0.15) is 5.76 Å². The largest absolute Gasteiger partial charge is 0.493 e. The van der Waals surface area contributed by atoms with Crippen LogP contribution < -0.4 is 25.6 Å². The van der Waals surface area contributed by atoms with Crippen LogP contribution in [0.4, 0.5) is 5.82 Å². The number of ether oxygens (including phenoxy) is 2. The highest BCUT2D eigenvalue weighted by Gasteiger charge is 2.15. The molecule has 0 spiro atoms. The number of hydrogen-bond donors (Lipinski definition) is 3. The Morgan fingerprint density at radius 3 is 2.56 bits per heavy atom. The van der Waals surface area contributed by atoms with Gasteiger partial charge in [0.25, 0.3) is 0 Å². The average Bonchev–Trinajstić information content (AvgIpc) is 3.28. The molecule has 2 aromatic heterocycles. The van der Waals surface area contributed by atoms with E-state index in [1.54, 1.807) is 32.6 Å². The molecule has 3 N–H and O–H groups in total. The lowest BCUT2D eigenvalue weighted by Crippen LogP contribution is -2.28. The second kappa shape index (κ2) is 10.7. The van der Waals surface area contributed by atoms with Crippen molar-refractivity contribution in [2.45, 2.75) is 39.2 Å². The molecule has 0 saturated heterocycles. The van der Waals surface area contributed by atoms with Crippen molar-refractivity contribution >= 4 is 22.8 Å². The third kappa shape index (κ3) is 5.40. The van der Waals surface area contributed by atoms with Gasteiger partial charge in [-0.1, -0.05) is 0 Å². The molecule has 0 unspecified atom stereocenters. The number of aromatic nitrogens is 2. The number of rotatable bonds is 11. The first-order chi connectivity index (χ1) is 15.4.